The van der Waals surface area contributed by atoms with E-state index in [4.69, 9.17) is 19.9 Å². The van der Waals surface area contributed by atoms with Gasteiger partial charge in [-0.2, -0.15) is 15.8 Å². The smallest absolute Gasteiger partial charge is 0.344 e. The molecule has 0 fully saturated rings. The molecule has 2 atom stereocenters. The summed E-state index contributed by atoms with van der Waals surface area (Å²) >= 11 is 0. The Kier molecular flexibility index (Phi) is 6.71. The van der Waals surface area contributed by atoms with Gasteiger partial charge in [0.2, 0.25) is 0 Å². The number of fused-ring (bicyclic) bond motifs is 1. The second-order valence-electron chi connectivity index (χ2n) is 7.61. The lowest BCUT2D eigenvalue weighted by Gasteiger charge is -2.43. The molecule has 2 aliphatic rings. The van der Waals surface area contributed by atoms with Crippen molar-refractivity contribution in [1.82, 2.24) is 0 Å². The van der Waals surface area contributed by atoms with E-state index in [9.17, 15) is 20.6 Å². The molecule has 0 saturated carbocycles. The van der Waals surface area contributed by atoms with Gasteiger partial charge in [0.25, 0.3) is 0 Å². The summed E-state index contributed by atoms with van der Waals surface area (Å²) in [6, 6.07) is 11.4. The molecule has 0 aromatic heterocycles. The summed E-state index contributed by atoms with van der Waals surface area (Å²) in [4.78, 5) is 11.6. The summed E-state index contributed by atoms with van der Waals surface area (Å²) in [5, 5.41) is 29.9. The van der Waals surface area contributed by atoms with Crippen molar-refractivity contribution in [2.45, 2.75) is 32.1 Å². The van der Waals surface area contributed by atoms with Crippen molar-refractivity contribution in [3.8, 4) is 29.7 Å². The van der Waals surface area contributed by atoms with Gasteiger partial charge >= 0.3 is 5.97 Å². The predicted molar refractivity (Wildman–Crippen MR) is 114 cm³/mol. The Balaban J connectivity index is 2.10. The fourth-order valence-corrected chi connectivity index (χ4v) is 4.59. The molecule has 0 heterocycles. The maximum atomic E-state index is 11.6. The molecule has 2 N–H and O–H groups in total. The van der Waals surface area contributed by atoms with E-state index in [1.165, 1.54) is 7.11 Å². The number of hydrogen-bond donors (Lipinski definition) is 1. The summed E-state index contributed by atoms with van der Waals surface area (Å²) < 4.78 is 15.9. The zero-order valence-corrected chi connectivity index (χ0v) is 18.1. The Hall–Kier alpha value is -3.96. The molecule has 0 spiro atoms. The van der Waals surface area contributed by atoms with Gasteiger partial charge in [-0.3, -0.25) is 0 Å². The first-order chi connectivity index (χ1) is 15.5. The predicted octanol–water partition coefficient (Wildman–Crippen LogP) is 3.23. The molecular weight excluding hydrogens is 408 g/mol. The minimum Gasteiger partial charge on any atom is -0.493 e. The van der Waals surface area contributed by atoms with Gasteiger partial charge in [0.1, 0.15) is 6.07 Å². The highest BCUT2D eigenvalue weighted by Gasteiger charge is 2.53. The number of ether oxygens (including phenoxy) is 3. The van der Waals surface area contributed by atoms with Gasteiger partial charge < -0.3 is 19.9 Å². The van der Waals surface area contributed by atoms with Gasteiger partial charge in [0, 0.05) is 5.92 Å². The molecule has 0 amide bonds. The van der Waals surface area contributed by atoms with Crippen LogP contribution >= 0.6 is 0 Å². The Bertz CT molecular complexity index is 1090. The van der Waals surface area contributed by atoms with Gasteiger partial charge in [-0.25, -0.2) is 4.79 Å². The first kappa shape index (κ1) is 22.7. The molecule has 8 nitrogen and oxygen atoms in total. The molecule has 0 bridgehead atoms. The Morgan fingerprint density at radius 2 is 2.00 bits per heavy atom. The van der Waals surface area contributed by atoms with Crippen LogP contribution in [-0.2, 0) is 9.53 Å². The number of carbonyl (C=O) groups is 1. The number of allylic oxidation sites excluding steroid dienone is 4. The molecule has 2 unspecified atom stereocenters. The number of methoxy groups -OCH3 is 1. The zero-order valence-electron chi connectivity index (χ0n) is 18.1. The van der Waals surface area contributed by atoms with Crippen LogP contribution in [0.2, 0.25) is 0 Å². The zero-order chi connectivity index (χ0) is 23.3. The van der Waals surface area contributed by atoms with E-state index < -0.39 is 17.3 Å². The normalized spacial score (nSPS) is 21.2. The third kappa shape index (κ3) is 3.74. The molecule has 1 aromatic rings. The van der Waals surface area contributed by atoms with Crippen molar-refractivity contribution in [3.63, 3.8) is 0 Å². The highest BCUT2D eigenvalue weighted by atomic mass is 16.6. The number of esters is 1. The maximum absolute atomic E-state index is 11.6. The van der Waals surface area contributed by atoms with E-state index in [1.54, 1.807) is 25.1 Å². The number of hydrogen-bond acceptors (Lipinski definition) is 8. The number of nitriles is 3. The van der Waals surface area contributed by atoms with Crippen LogP contribution in [0.25, 0.3) is 0 Å². The molecule has 0 saturated heterocycles. The third-order valence-corrected chi connectivity index (χ3v) is 6.00. The van der Waals surface area contributed by atoms with Crippen LogP contribution in [0, 0.1) is 45.3 Å². The van der Waals surface area contributed by atoms with Crippen molar-refractivity contribution in [3.05, 3.63) is 46.7 Å². The van der Waals surface area contributed by atoms with E-state index in [1.807, 2.05) is 6.08 Å². The fraction of sp³-hybridized carbons (Fsp3) is 0.417. The molecule has 0 radical (unpaired) electrons. The second kappa shape index (κ2) is 9.45. The third-order valence-electron chi connectivity index (χ3n) is 6.00. The van der Waals surface area contributed by atoms with E-state index in [-0.39, 0.29) is 30.4 Å². The molecular formula is C24H24N4O4. The topological polar surface area (TPSA) is 142 Å². The van der Waals surface area contributed by atoms with Gasteiger partial charge in [-0.15, -0.1) is 0 Å². The van der Waals surface area contributed by atoms with Crippen molar-refractivity contribution in [2.75, 3.05) is 20.3 Å². The van der Waals surface area contributed by atoms with Gasteiger partial charge in [0.15, 0.2) is 23.5 Å². The SMILES string of the molecule is CCOC(=O)COc1ccc(C2C3CCCC=C3C(C#N)=C(N)C2(C#N)C#N)cc1OC. The van der Waals surface area contributed by atoms with Crippen molar-refractivity contribution < 1.29 is 19.0 Å². The van der Waals surface area contributed by atoms with Crippen LogP contribution in [0.1, 0.15) is 37.7 Å². The van der Waals surface area contributed by atoms with Crippen LogP contribution in [0.3, 0.4) is 0 Å². The summed E-state index contributed by atoms with van der Waals surface area (Å²) in [7, 11) is 1.47. The summed E-state index contributed by atoms with van der Waals surface area (Å²) in [6.45, 7) is 1.69. The minimum atomic E-state index is -1.69. The fourth-order valence-electron chi connectivity index (χ4n) is 4.59. The number of benzene rings is 1. The number of nitrogens with zero attached hydrogens (tertiary/aromatic N) is 3. The Morgan fingerprint density at radius 3 is 2.62 bits per heavy atom. The highest BCUT2D eigenvalue weighted by Crippen LogP contribution is 2.56. The quantitative estimate of drug-likeness (QED) is 0.675. The van der Waals surface area contributed by atoms with E-state index in [0.29, 0.717) is 17.1 Å². The lowest BCUT2D eigenvalue weighted by molar-refractivity contribution is -0.145. The van der Waals surface area contributed by atoms with Crippen LogP contribution in [-0.4, -0.2) is 26.3 Å². The lowest BCUT2D eigenvalue weighted by Crippen LogP contribution is -2.42. The standard InChI is InChI=1S/C24H24N4O4/c1-3-31-21(29)12-32-19-9-8-15(10-20(19)30-2)22-17-7-5-4-6-16(17)18(11-25)23(28)24(22,13-26)14-27/h6,8-10,17,22H,3-5,7,12,28H2,1-2H3. The van der Waals surface area contributed by atoms with Gasteiger partial charge in [-0.1, -0.05) is 12.1 Å². The number of nitrogens with two attached hydrogens (primary N) is 1. The summed E-state index contributed by atoms with van der Waals surface area (Å²) in [6.07, 6.45) is 4.41. The first-order valence-electron chi connectivity index (χ1n) is 10.4. The molecule has 164 valence electrons. The van der Waals surface area contributed by atoms with Gasteiger partial charge in [0.05, 0.1) is 37.1 Å². The largest absolute Gasteiger partial charge is 0.493 e. The van der Waals surface area contributed by atoms with E-state index >= 15 is 0 Å². The second-order valence-corrected chi connectivity index (χ2v) is 7.61. The van der Waals surface area contributed by atoms with Crippen molar-refractivity contribution >= 4 is 5.97 Å². The highest BCUT2D eigenvalue weighted by molar-refractivity contribution is 5.71. The van der Waals surface area contributed by atoms with Crippen LogP contribution in [0.15, 0.2) is 41.1 Å². The molecule has 32 heavy (non-hydrogen) atoms. The van der Waals surface area contributed by atoms with Crippen LogP contribution < -0.4 is 15.2 Å². The lowest BCUT2D eigenvalue weighted by atomic mass is 9.57. The van der Waals surface area contributed by atoms with Crippen LogP contribution in [0.5, 0.6) is 11.5 Å². The van der Waals surface area contributed by atoms with E-state index in [2.05, 4.69) is 18.2 Å². The first-order valence-corrected chi connectivity index (χ1v) is 10.4. The number of carbonyl (C=O) groups excluding carboxylic acids is 1. The Morgan fingerprint density at radius 1 is 1.25 bits per heavy atom. The maximum Gasteiger partial charge on any atom is 0.344 e. The average Bonchev–Trinajstić information content (AvgIpc) is 2.82. The number of rotatable bonds is 6. The molecule has 8 heteroatoms. The average molecular weight is 432 g/mol. The van der Waals surface area contributed by atoms with E-state index in [0.717, 1.165) is 24.8 Å². The van der Waals surface area contributed by atoms with Crippen molar-refractivity contribution in [1.29, 1.82) is 15.8 Å². The molecule has 0 aliphatic heterocycles. The van der Waals surface area contributed by atoms with Gasteiger partial charge in [-0.05, 0) is 55.4 Å². The molecule has 3 rings (SSSR count). The van der Waals surface area contributed by atoms with Crippen LogP contribution in [0.4, 0.5) is 0 Å². The molecule has 2 aliphatic carbocycles. The van der Waals surface area contributed by atoms with Crippen molar-refractivity contribution in [2.24, 2.45) is 17.1 Å². The molecule has 1 aromatic carbocycles. The monoisotopic (exact) mass is 432 g/mol. The Labute approximate surface area is 187 Å². The minimum absolute atomic E-state index is 0.0130. The summed E-state index contributed by atoms with van der Waals surface area (Å²) in [5.41, 5.74) is 6.29. The summed E-state index contributed by atoms with van der Waals surface area (Å²) in [5.74, 6) is -0.611.